The van der Waals surface area contributed by atoms with Gasteiger partial charge >= 0.3 is 0 Å². The second kappa shape index (κ2) is 9.68. The molecule has 0 bridgehead atoms. The molecule has 4 heteroatoms. The van der Waals surface area contributed by atoms with E-state index in [-0.39, 0.29) is 0 Å². The Hall–Kier alpha value is -0.220. The molecule has 18 heavy (non-hydrogen) atoms. The predicted molar refractivity (Wildman–Crippen MR) is 83.7 cm³/mol. The highest BCUT2D eigenvalue weighted by atomic mass is 35.5. The summed E-state index contributed by atoms with van der Waals surface area (Å²) in [6, 6.07) is 8.07. The highest BCUT2D eigenvalue weighted by molar-refractivity contribution is 7.98. The average molecular weight is 287 g/mol. The average Bonchev–Trinajstić information content (AvgIpc) is 2.34. The molecule has 0 aliphatic rings. The molecule has 0 saturated carbocycles. The molecular formula is C14H23ClN2S. The van der Waals surface area contributed by atoms with Crippen LogP contribution in [0.5, 0.6) is 0 Å². The molecule has 102 valence electrons. The number of hydrogen-bond donors (Lipinski definition) is 1. The van der Waals surface area contributed by atoms with Gasteiger partial charge in [-0.2, -0.15) is 11.8 Å². The molecule has 1 rings (SSSR count). The fourth-order valence-electron chi connectivity index (χ4n) is 1.59. The smallest absolute Gasteiger partial charge is 0.0446 e. The molecular weight excluding hydrogens is 264 g/mol. The first-order valence-corrected chi connectivity index (χ1v) is 7.90. The molecule has 1 N–H and O–H groups in total. The Balaban J connectivity index is 1.98. The number of nitrogens with zero attached hydrogens (tertiary/aromatic N) is 1. The van der Waals surface area contributed by atoms with E-state index in [4.69, 9.17) is 11.6 Å². The van der Waals surface area contributed by atoms with Crippen LogP contribution in [-0.2, 0) is 5.75 Å². The molecule has 0 atom stereocenters. The Bertz CT molecular complexity index is 331. The fourth-order valence-corrected chi connectivity index (χ4v) is 2.77. The van der Waals surface area contributed by atoms with Crippen LogP contribution in [-0.4, -0.2) is 44.4 Å². The summed E-state index contributed by atoms with van der Waals surface area (Å²) in [6.45, 7) is 3.33. The van der Waals surface area contributed by atoms with Crippen molar-refractivity contribution in [3.8, 4) is 0 Å². The molecule has 0 spiro atoms. The standard InChI is InChI=1S/C14H23ClN2S/c1-17(2)10-5-8-16-9-11-18-12-13-6-3-4-7-14(13)15/h3-4,6-7,16H,5,8-12H2,1-2H3. The van der Waals surface area contributed by atoms with Gasteiger partial charge in [0.15, 0.2) is 0 Å². The lowest BCUT2D eigenvalue weighted by molar-refractivity contribution is 0.396. The molecule has 0 aromatic heterocycles. The SMILES string of the molecule is CN(C)CCCNCCSCc1ccccc1Cl. The Kier molecular flexibility index (Phi) is 8.51. The second-order valence-electron chi connectivity index (χ2n) is 4.55. The fraction of sp³-hybridized carbons (Fsp3) is 0.571. The van der Waals surface area contributed by atoms with Crippen LogP contribution in [0.2, 0.25) is 5.02 Å². The van der Waals surface area contributed by atoms with Crippen LogP contribution < -0.4 is 5.32 Å². The Labute approximate surface area is 120 Å². The van der Waals surface area contributed by atoms with Crippen LogP contribution in [0.1, 0.15) is 12.0 Å². The van der Waals surface area contributed by atoms with Gasteiger partial charge in [-0.1, -0.05) is 29.8 Å². The van der Waals surface area contributed by atoms with Gasteiger partial charge < -0.3 is 10.2 Å². The van der Waals surface area contributed by atoms with Crippen molar-refractivity contribution >= 4 is 23.4 Å². The maximum Gasteiger partial charge on any atom is 0.0446 e. The van der Waals surface area contributed by atoms with E-state index in [1.54, 1.807) is 0 Å². The summed E-state index contributed by atoms with van der Waals surface area (Å²) in [5, 5.41) is 4.34. The molecule has 0 aliphatic heterocycles. The van der Waals surface area contributed by atoms with Crippen LogP contribution in [0, 0.1) is 0 Å². The van der Waals surface area contributed by atoms with Crippen molar-refractivity contribution in [3.05, 3.63) is 34.9 Å². The maximum absolute atomic E-state index is 6.10. The lowest BCUT2D eigenvalue weighted by Crippen LogP contribution is -2.23. The third-order valence-electron chi connectivity index (χ3n) is 2.60. The van der Waals surface area contributed by atoms with E-state index in [2.05, 4.69) is 30.4 Å². The molecule has 0 fully saturated rings. The van der Waals surface area contributed by atoms with Gasteiger partial charge in [-0.3, -0.25) is 0 Å². The second-order valence-corrected chi connectivity index (χ2v) is 6.06. The van der Waals surface area contributed by atoms with Crippen molar-refractivity contribution in [3.63, 3.8) is 0 Å². The summed E-state index contributed by atoms with van der Waals surface area (Å²) in [6.07, 6.45) is 1.21. The van der Waals surface area contributed by atoms with Gasteiger partial charge in [0.1, 0.15) is 0 Å². The van der Waals surface area contributed by atoms with Crippen LogP contribution in [0.4, 0.5) is 0 Å². The zero-order chi connectivity index (χ0) is 13.2. The highest BCUT2D eigenvalue weighted by Gasteiger charge is 1.98. The summed E-state index contributed by atoms with van der Waals surface area (Å²) >= 11 is 8.03. The van der Waals surface area contributed by atoms with E-state index in [0.29, 0.717) is 0 Å². The Morgan fingerprint density at radius 2 is 2.00 bits per heavy atom. The minimum absolute atomic E-state index is 0.879. The quantitative estimate of drug-likeness (QED) is 0.702. The van der Waals surface area contributed by atoms with Gasteiger partial charge in [-0.15, -0.1) is 0 Å². The largest absolute Gasteiger partial charge is 0.316 e. The van der Waals surface area contributed by atoms with Crippen LogP contribution >= 0.6 is 23.4 Å². The molecule has 0 unspecified atom stereocenters. The number of halogens is 1. The van der Waals surface area contributed by atoms with Crippen molar-refractivity contribution in [2.45, 2.75) is 12.2 Å². The summed E-state index contributed by atoms with van der Waals surface area (Å²) in [7, 11) is 4.22. The van der Waals surface area contributed by atoms with E-state index in [1.807, 2.05) is 30.0 Å². The van der Waals surface area contributed by atoms with Gasteiger partial charge in [0.25, 0.3) is 0 Å². The number of thioether (sulfide) groups is 1. The van der Waals surface area contributed by atoms with E-state index < -0.39 is 0 Å². The van der Waals surface area contributed by atoms with E-state index >= 15 is 0 Å². The predicted octanol–water partition coefficient (Wildman–Crippen LogP) is 3.11. The summed E-state index contributed by atoms with van der Waals surface area (Å²) in [5.41, 5.74) is 1.23. The van der Waals surface area contributed by atoms with Crippen molar-refractivity contribution in [2.24, 2.45) is 0 Å². The summed E-state index contributed by atoms with van der Waals surface area (Å²) in [5.74, 6) is 2.13. The van der Waals surface area contributed by atoms with Crippen LogP contribution in [0.15, 0.2) is 24.3 Å². The van der Waals surface area contributed by atoms with Gasteiger partial charge in [-0.25, -0.2) is 0 Å². The van der Waals surface area contributed by atoms with E-state index in [1.165, 1.54) is 12.0 Å². The summed E-state index contributed by atoms with van der Waals surface area (Å²) < 4.78 is 0. The third-order valence-corrected chi connectivity index (χ3v) is 3.97. The molecule has 1 aromatic rings. The van der Waals surface area contributed by atoms with Crippen molar-refractivity contribution < 1.29 is 0 Å². The monoisotopic (exact) mass is 286 g/mol. The van der Waals surface area contributed by atoms with Crippen molar-refractivity contribution in [1.29, 1.82) is 0 Å². The topological polar surface area (TPSA) is 15.3 Å². The summed E-state index contributed by atoms with van der Waals surface area (Å²) in [4.78, 5) is 2.22. The first-order chi connectivity index (χ1) is 8.70. The van der Waals surface area contributed by atoms with Crippen LogP contribution in [0.25, 0.3) is 0 Å². The van der Waals surface area contributed by atoms with Crippen molar-refractivity contribution in [1.82, 2.24) is 10.2 Å². The molecule has 2 nitrogen and oxygen atoms in total. The number of rotatable bonds is 9. The van der Waals surface area contributed by atoms with Gasteiger partial charge in [0.2, 0.25) is 0 Å². The van der Waals surface area contributed by atoms with Crippen LogP contribution in [0.3, 0.4) is 0 Å². The Morgan fingerprint density at radius 1 is 1.22 bits per heavy atom. The first kappa shape index (κ1) is 15.8. The zero-order valence-electron chi connectivity index (χ0n) is 11.3. The van der Waals surface area contributed by atoms with Gasteiger partial charge in [0, 0.05) is 23.1 Å². The number of benzene rings is 1. The third kappa shape index (κ3) is 7.27. The molecule has 0 radical (unpaired) electrons. The molecule has 0 saturated heterocycles. The zero-order valence-corrected chi connectivity index (χ0v) is 12.9. The first-order valence-electron chi connectivity index (χ1n) is 6.36. The minimum atomic E-state index is 0.879. The lowest BCUT2D eigenvalue weighted by Gasteiger charge is -2.09. The van der Waals surface area contributed by atoms with E-state index in [0.717, 1.165) is 36.2 Å². The van der Waals surface area contributed by atoms with Gasteiger partial charge in [0.05, 0.1) is 0 Å². The molecule has 0 aliphatic carbocycles. The molecule has 0 amide bonds. The van der Waals surface area contributed by atoms with E-state index in [9.17, 15) is 0 Å². The van der Waals surface area contributed by atoms with Crippen molar-refractivity contribution in [2.75, 3.05) is 39.5 Å². The number of hydrogen-bond acceptors (Lipinski definition) is 3. The highest BCUT2D eigenvalue weighted by Crippen LogP contribution is 2.20. The molecule has 0 heterocycles. The number of nitrogens with one attached hydrogen (secondary N) is 1. The van der Waals surface area contributed by atoms with Gasteiger partial charge in [-0.05, 0) is 45.2 Å². The maximum atomic E-state index is 6.10. The normalized spacial score (nSPS) is 11.1. The Morgan fingerprint density at radius 3 is 2.72 bits per heavy atom. The molecule has 1 aromatic carbocycles. The minimum Gasteiger partial charge on any atom is -0.316 e. The lowest BCUT2D eigenvalue weighted by atomic mass is 10.2.